The lowest BCUT2D eigenvalue weighted by Gasteiger charge is -2.37. The number of esters is 1. The van der Waals surface area contributed by atoms with E-state index in [-0.39, 0.29) is 23.1 Å². The highest BCUT2D eigenvalue weighted by Crippen LogP contribution is 2.64. The first-order chi connectivity index (χ1) is 16.9. The van der Waals surface area contributed by atoms with Gasteiger partial charge in [0.2, 0.25) is 0 Å². The molecule has 36 heavy (non-hydrogen) atoms. The van der Waals surface area contributed by atoms with Crippen molar-refractivity contribution in [3.63, 3.8) is 0 Å². The van der Waals surface area contributed by atoms with Crippen LogP contribution >= 0.6 is 22.9 Å². The number of hydrogen-bond donors (Lipinski definition) is 0. The quantitative estimate of drug-likeness (QED) is 0.394. The van der Waals surface area contributed by atoms with Crippen LogP contribution < -0.4 is 0 Å². The van der Waals surface area contributed by atoms with Gasteiger partial charge in [0.1, 0.15) is 11.8 Å². The molecule has 0 spiro atoms. The van der Waals surface area contributed by atoms with Gasteiger partial charge < -0.3 is 9.29 Å². The van der Waals surface area contributed by atoms with Gasteiger partial charge in [0.15, 0.2) is 0 Å². The first-order valence-corrected chi connectivity index (χ1v) is 14.8. The molecule has 0 N–H and O–H groups in total. The van der Waals surface area contributed by atoms with Gasteiger partial charge in [0.25, 0.3) is 0 Å². The Balaban J connectivity index is 0.000000179. The van der Waals surface area contributed by atoms with Crippen molar-refractivity contribution in [2.45, 2.75) is 52.1 Å². The predicted octanol–water partition coefficient (Wildman–Crippen LogP) is 4.60. The lowest BCUT2D eigenvalue weighted by Crippen LogP contribution is -2.42. The highest BCUT2D eigenvalue weighted by atomic mass is 35.5. The third-order valence-corrected chi connectivity index (χ3v) is 10.6. The molecule has 2 aliphatic carbocycles. The second-order valence-corrected chi connectivity index (χ2v) is 13.2. The Kier molecular flexibility index (Phi) is 7.70. The number of nitrogens with zero attached hydrogens (tertiary/aromatic N) is 1. The van der Waals surface area contributed by atoms with Crippen LogP contribution in [0.15, 0.2) is 35.7 Å². The lowest BCUT2D eigenvalue weighted by atomic mass is 9.70. The molecule has 3 aliphatic rings. The molecule has 1 unspecified atom stereocenters. The number of ether oxygens (including phenoxy) is 1. The van der Waals surface area contributed by atoms with E-state index in [0.29, 0.717) is 17.9 Å². The SMILES string of the molecule is CC1(C)C2CC[C@]1(CS(=O)(=O)[O-])C(=O)C2.COC(=O)[C@H](c1ccccc1Cl)N1CCc2sccc2C1. The smallest absolute Gasteiger partial charge is 0.327 e. The first-order valence-electron chi connectivity index (χ1n) is 12.0. The maximum absolute atomic E-state index is 12.3. The molecule has 7 nitrogen and oxygen atoms in total. The number of halogens is 1. The number of thiophene rings is 1. The van der Waals surface area contributed by atoms with E-state index >= 15 is 0 Å². The molecule has 0 saturated heterocycles. The number of hydrogen-bond acceptors (Lipinski definition) is 8. The topological polar surface area (TPSA) is 104 Å². The Morgan fingerprint density at radius 3 is 2.61 bits per heavy atom. The van der Waals surface area contributed by atoms with Gasteiger partial charge in [-0.1, -0.05) is 43.6 Å². The number of benzene rings is 1. The lowest BCUT2D eigenvalue weighted by molar-refractivity contribution is -0.147. The fraction of sp³-hybridized carbons (Fsp3) is 0.538. The minimum absolute atomic E-state index is 0.0248. The number of carbonyl (C=O) groups is 2. The number of carbonyl (C=O) groups excluding carboxylic acids is 2. The second-order valence-electron chi connectivity index (χ2n) is 10.4. The van der Waals surface area contributed by atoms with Gasteiger partial charge in [0, 0.05) is 34.8 Å². The van der Waals surface area contributed by atoms with Crippen LogP contribution in [-0.4, -0.2) is 49.0 Å². The summed E-state index contributed by atoms with van der Waals surface area (Å²) in [4.78, 5) is 27.7. The molecule has 1 aromatic heterocycles. The zero-order valence-corrected chi connectivity index (χ0v) is 23.0. The monoisotopic (exact) mass is 552 g/mol. The molecule has 0 amide bonds. The Labute approximate surface area is 221 Å². The molecule has 2 fully saturated rings. The van der Waals surface area contributed by atoms with Crippen molar-refractivity contribution in [3.05, 3.63) is 56.7 Å². The van der Waals surface area contributed by atoms with Crippen molar-refractivity contribution < 1.29 is 27.3 Å². The van der Waals surface area contributed by atoms with E-state index in [0.717, 1.165) is 31.5 Å². The van der Waals surface area contributed by atoms with Crippen molar-refractivity contribution in [2.75, 3.05) is 19.4 Å². The molecule has 1 aromatic carbocycles. The summed E-state index contributed by atoms with van der Waals surface area (Å²) in [5, 5.41) is 2.71. The van der Waals surface area contributed by atoms with Crippen LogP contribution in [0.25, 0.3) is 0 Å². The van der Waals surface area contributed by atoms with E-state index in [9.17, 15) is 22.6 Å². The van der Waals surface area contributed by atoms with Crippen LogP contribution in [0.3, 0.4) is 0 Å². The fourth-order valence-electron chi connectivity index (χ4n) is 6.18. The number of ketones is 1. The molecule has 2 bridgehead atoms. The van der Waals surface area contributed by atoms with Crippen LogP contribution in [0.1, 0.15) is 55.2 Å². The highest BCUT2D eigenvalue weighted by Gasteiger charge is 2.64. The third-order valence-electron chi connectivity index (χ3n) is 8.39. The van der Waals surface area contributed by atoms with Gasteiger partial charge in [-0.05, 0) is 59.2 Å². The summed E-state index contributed by atoms with van der Waals surface area (Å²) in [6, 6.07) is 9.16. The van der Waals surface area contributed by atoms with E-state index < -0.39 is 27.3 Å². The summed E-state index contributed by atoms with van der Waals surface area (Å²) < 4.78 is 37.7. The predicted molar refractivity (Wildman–Crippen MR) is 138 cm³/mol. The first kappa shape index (κ1) is 27.3. The Bertz CT molecular complexity index is 1260. The molecular weight excluding hydrogens is 522 g/mol. The van der Waals surface area contributed by atoms with Gasteiger partial charge >= 0.3 is 5.97 Å². The average molecular weight is 553 g/mol. The van der Waals surface area contributed by atoms with E-state index in [2.05, 4.69) is 16.3 Å². The molecule has 2 aromatic rings. The van der Waals surface area contributed by atoms with Gasteiger partial charge in [-0.15, -0.1) is 11.3 Å². The molecule has 196 valence electrons. The molecule has 2 saturated carbocycles. The molecular formula is C26H31ClNO6S2-. The average Bonchev–Trinajstić information content (AvgIpc) is 3.42. The number of methoxy groups -OCH3 is 1. The van der Waals surface area contributed by atoms with Gasteiger partial charge in [0.05, 0.1) is 23.0 Å². The molecule has 10 heteroatoms. The maximum atomic E-state index is 12.3. The fourth-order valence-corrected chi connectivity index (χ4v) is 8.59. The maximum Gasteiger partial charge on any atom is 0.327 e. The summed E-state index contributed by atoms with van der Waals surface area (Å²) in [5.74, 6) is -0.542. The zero-order valence-electron chi connectivity index (χ0n) is 20.7. The normalized spacial score (nSPS) is 25.6. The molecule has 5 rings (SSSR count). The largest absolute Gasteiger partial charge is 0.748 e. The van der Waals surface area contributed by atoms with E-state index in [1.165, 1.54) is 17.6 Å². The molecule has 1 aliphatic heterocycles. The van der Waals surface area contributed by atoms with E-state index in [1.54, 1.807) is 11.3 Å². The number of rotatable bonds is 5. The summed E-state index contributed by atoms with van der Waals surface area (Å²) in [7, 11) is -2.90. The van der Waals surface area contributed by atoms with Crippen molar-refractivity contribution in [3.8, 4) is 0 Å². The van der Waals surface area contributed by atoms with Crippen LogP contribution in [0.2, 0.25) is 5.02 Å². The van der Waals surface area contributed by atoms with Gasteiger partial charge in [-0.2, -0.15) is 0 Å². The second kappa shape index (κ2) is 10.2. The Hall–Kier alpha value is -1.78. The van der Waals surface area contributed by atoms with Gasteiger partial charge in [-0.3, -0.25) is 9.69 Å². The van der Waals surface area contributed by atoms with Crippen molar-refractivity contribution in [1.29, 1.82) is 0 Å². The van der Waals surface area contributed by atoms with Gasteiger partial charge in [-0.25, -0.2) is 13.2 Å². The third kappa shape index (κ3) is 5.00. The summed E-state index contributed by atoms with van der Waals surface area (Å²) in [6.45, 7) is 5.42. The summed E-state index contributed by atoms with van der Waals surface area (Å²) in [6.07, 6.45) is 2.84. The number of Topliss-reactive ketones (excluding diaryl/α,β-unsaturated/α-hetero) is 1. The minimum atomic E-state index is -4.33. The van der Waals surface area contributed by atoms with Crippen LogP contribution in [0.4, 0.5) is 0 Å². The van der Waals surface area contributed by atoms with E-state index in [4.69, 9.17) is 16.3 Å². The summed E-state index contributed by atoms with van der Waals surface area (Å²) >= 11 is 8.07. The van der Waals surface area contributed by atoms with Crippen LogP contribution in [0.5, 0.6) is 0 Å². The molecule has 3 atom stereocenters. The molecule has 0 radical (unpaired) electrons. The standard InChI is InChI=1S/C16H16ClNO2S.C10H16O4S/c1-20-16(19)15(12-4-2-3-5-13(12)17)18-8-6-14-11(10-18)7-9-21-14;1-9(2)7-3-4-10(9,8(11)5-7)6-15(12,13)14/h2-5,7,9,15H,6,8,10H2,1H3;7H,3-6H2,1-2H3,(H,12,13,14)/p-1/t15-;7?,10-/m00/s1. The van der Waals surface area contributed by atoms with Crippen LogP contribution in [0, 0.1) is 16.7 Å². The van der Waals surface area contributed by atoms with E-state index in [1.807, 2.05) is 38.1 Å². The molecule has 2 heterocycles. The van der Waals surface area contributed by atoms with Crippen molar-refractivity contribution >= 4 is 44.8 Å². The number of fused-ring (bicyclic) bond motifs is 3. The Morgan fingerprint density at radius 1 is 1.31 bits per heavy atom. The summed E-state index contributed by atoms with van der Waals surface area (Å²) in [5.41, 5.74) is 0.886. The minimum Gasteiger partial charge on any atom is -0.748 e. The van der Waals surface area contributed by atoms with Crippen molar-refractivity contribution in [1.82, 2.24) is 4.90 Å². The Morgan fingerprint density at radius 2 is 2.03 bits per heavy atom. The highest BCUT2D eigenvalue weighted by molar-refractivity contribution is 7.85. The van der Waals surface area contributed by atoms with Crippen LogP contribution in [-0.2, 0) is 37.4 Å². The zero-order chi connectivity index (χ0) is 26.3. The van der Waals surface area contributed by atoms with Crippen molar-refractivity contribution in [2.24, 2.45) is 16.7 Å².